The number of hydrogen-bond donors (Lipinski definition) is 2. The average molecular weight is 244 g/mol. The van der Waals surface area contributed by atoms with E-state index in [9.17, 15) is 0 Å². The summed E-state index contributed by atoms with van der Waals surface area (Å²) in [5.41, 5.74) is 3.82. The summed E-state index contributed by atoms with van der Waals surface area (Å²) in [4.78, 5) is 3.35. The maximum atomic E-state index is 5.40. The van der Waals surface area contributed by atoms with E-state index in [2.05, 4.69) is 29.5 Å². The van der Waals surface area contributed by atoms with Crippen LogP contribution >= 0.6 is 0 Å². The summed E-state index contributed by atoms with van der Waals surface area (Å²) in [6.07, 6.45) is 5.89. The summed E-state index contributed by atoms with van der Waals surface area (Å²) >= 11 is 0. The molecule has 0 bridgehead atoms. The molecule has 1 fully saturated rings. The Morgan fingerprint density at radius 2 is 2.22 bits per heavy atom. The molecule has 1 aliphatic rings. The van der Waals surface area contributed by atoms with E-state index in [1.807, 2.05) is 6.07 Å². The number of nitrogens with one attached hydrogen (secondary N) is 2. The molecule has 3 nitrogen and oxygen atoms in total. The highest BCUT2D eigenvalue weighted by Crippen LogP contribution is 2.30. The highest BCUT2D eigenvalue weighted by molar-refractivity contribution is 5.91. The lowest BCUT2D eigenvalue weighted by Gasteiger charge is -2.06. The molecule has 1 aromatic heterocycles. The Hall–Kier alpha value is -1.48. The maximum Gasteiger partial charge on any atom is 0.142 e. The van der Waals surface area contributed by atoms with Gasteiger partial charge in [0.2, 0.25) is 0 Å². The van der Waals surface area contributed by atoms with E-state index in [0.29, 0.717) is 0 Å². The predicted octanol–water partition coefficient (Wildman–Crippen LogP) is 2.78. The third-order valence-corrected chi connectivity index (χ3v) is 3.71. The van der Waals surface area contributed by atoms with Crippen molar-refractivity contribution in [3.63, 3.8) is 0 Å². The number of aryl methyl sites for hydroxylation is 1. The van der Waals surface area contributed by atoms with Gasteiger partial charge in [0.05, 0.1) is 12.6 Å². The SMILES string of the molecule is COc1ccc(C)c2c(CCNC3CC3)c[nH]c12. The standard InChI is InChI=1S/C15H20N2O/c1-10-3-6-13(18-2)15-14(10)11(9-17-15)7-8-16-12-4-5-12/h3,6,9,12,16-17H,4-5,7-8H2,1-2H3. The average Bonchev–Trinajstić information content (AvgIpc) is 3.09. The highest BCUT2D eigenvalue weighted by atomic mass is 16.5. The first-order chi connectivity index (χ1) is 8.79. The Morgan fingerprint density at radius 1 is 1.39 bits per heavy atom. The van der Waals surface area contributed by atoms with Crippen LogP contribution in [0.15, 0.2) is 18.3 Å². The van der Waals surface area contributed by atoms with Crippen LogP contribution in [0.4, 0.5) is 0 Å². The number of aromatic nitrogens is 1. The second kappa shape index (κ2) is 4.65. The van der Waals surface area contributed by atoms with Gasteiger partial charge in [0.15, 0.2) is 0 Å². The normalized spacial score (nSPS) is 15.2. The summed E-state index contributed by atoms with van der Waals surface area (Å²) in [5.74, 6) is 0.928. The largest absolute Gasteiger partial charge is 0.495 e. The van der Waals surface area contributed by atoms with E-state index in [0.717, 1.165) is 30.3 Å². The Labute approximate surface area is 108 Å². The van der Waals surface area contributed by atoms with Crippen molar-refractivity contribution in [3.05, 3.63) is 29.5 Å². The third kappa shape index (κ3) is 2.10. The van der Waals surface area contributed by atoms with Crippen molar-refractivity contribution >= 4 is 10.9 Å². The van der Waals surface area contributed by atoms with Crippen LogP contribution in [0.3, 0.4) is 0 Å². The molecule has 2 aromatic rings. The number of hydrogen-bond acceptors (Lipinski definition) is 2. The van der Waals surface area contributed by atoms with Gasteiger partial charge in [-0.15, -0.1) is 0 Å². The topological polar surface area (TPSA) is 37.0 Å². The van der Waals surface area contributed by atoms with E-state index in [1.165, 1.54) is 29.4 Å². The van der Waals surface area contributed by atoms with Crippen molar-refractivity contribution < 1.29 is 4.74 Å². The lowest BCUT2D eigenvalue weighted by atomic mass is 10.0. The van der Waals surface area contributed by atoms with Crippen LogP contribution < -0.4 is 10.1 Å². The quantitative estimate of drug-likeness (QED) is 0.848. The van der Waals surface area contributed by atoms with Crippen LogP contribution in [-0.4, -0.2) is 24.7 Å². The number of benzene rings is 1. The fourth-order valence-electron chi connectivity index (χ4n) is 2.54. The van der Waals surface area contributed by atoms with Crippen molar-refractivity contribution in [3.8, 4) is 5.75 Å². The maximum absolute atomic E-state index is 5.40. The van der Waals surface area contributed by atoms with E-state index in [1.54, 1.807) is 7.11 Å². The lowest BCUT2D eigenvalue weighted by molar-refractivity contribution is 0.419. The third-order valence-electron chi connectivity index (χ3n) is 3.71. The van der Waals surface area contributed by atoms with Crippen LogP contribution in [-0.2, 0) is 6.42 Å². The van der Waals surface area contributed by atoms with Crippen LogP contribution in [0.5, 0.6) is 5.75 Å². The Balaban J connectivity index is 1.86. The van der Waals surface area contributed by atoms with Crippen molar-refractivity contribution in [1.29, 1.82) is 0 Å². The molecule has 1 heterocycles. The molecule has 0 saturated heterocycles. The smallest absolute Gasteiger partial charge is 0.142 e. The summed E-state index contributed by atoms with van der Waals surface area (Å²) in [6, 6.07) is 4.94. The van der Waals surface area contributed by atoms with Crippen molar-refractivity contribution in [2.75, 3.05) is 13.7 Å². The molecule has 1 saturated carbocycles. The van der Waals surface area contributed by atoms with Crippen LogP contribution in [0.1, 0.15) is 24.0 Å². The molecule has 0 amide bonds. The minimum Gasteiger partial charge on any atom is -0.495 e. The fraction of sp³-hybridized carbons (Fsp3) is 0.467. The second-order valence-corrected chi connectivity index (χ2v) is 5.13. The number of fused-ring (bicyclic) bond motifs is 1. The van der Waals surface area contributed by atoms with Crippen LogP contribution in [0.25, 0.3) is 10.9 Å². The molecule has 18 heavy (non-hydrogen) atoms. The molecule has 96 valence electrons. The molecule has 0 spiro atoms. The Bertz CT molecular complexity index is 555. The summed E-state index contributed by atoms with van der Waals surface area (Å²) in [7, 11) is 1.72. The van der Waals surface area contributed by atoms with Gasteiger partial charge in [-0.2, -0.15) is 0 Å². The molecular weight excluding hydrogens is 224 g/mol. The fourth-order valence-corrected chi connectivity index (χ4v) is 2.54. The second-order valence-electron chi connectivity index (χ2n) is 5.13. The van der Waals surface area contributed by atoms with E-state index in [-0.39, 0.29) is 0 Å². The van der Waals surface area contributed by atoms with Gasteiger partial charge in [-0.3, -0.25) is 0 Å². The lowest BCUT2D eigenvalue weighted by Crippen LogP contribution is -2.19. The molecular formula is C15H20N2O. The summed E-state index contributed by atoms with van der Waals surface area (Å²) < 4.78 is 5.40. The molecule has 1 aromatic carbocycles. The molecule has 3 heteroatoms. The van der Waals surface area contributed by atoms with Crippen LogP contribution in [0, 0.1) is 6.92 Å². The zero-order valence-corrected chi connectivity index (χ0v) is 11.0. The van der Waals surface area contributed by atoms with Gasteiger partial charge < -0.3 is 15.0 Å². The number of rotatable bonds is 5. The van der Waals surface area contributed by atoms with Crippen molar-refractivity contribution in [2.24, 2.45) is 0 Å². The van der Waals surface area contributed by atoms with Crippen molar-refractivity contribution in [2.45, 2.75) is 32.2 Å². The number of methoxy groups -OCH3 is 1. The first-order valence-corrected chi connectivity index (χ1v) is 6.66. The predicted molar refractivity (Wildman–Crippen MR) is 74.3 cm³/mol. The zero-order valence-electron chi connectivity index (χ0n) is 11.0. The van der Waals surface area contributed by atoms with E-state index < -0.39 is 0 Å². The number of ether oxygens (including phenoxy) is 1. The van der Waals surface area contributed by atoms with Gasteiger partial charge >= 0.3 is 0 Å². The first kappa shape index (κ1) is 11.6. The number of aromatic amines is 1. The molecule has 3 rings (SSSR count). The van der Waals surface area contributed by atoms with E-state index >= 15 is 0 Å². The molecule has 0 aliphatic heterocycles. The summed E-state index contributed by atoms with van der Waals surface area (Å²) in [5, 5.41) is 4.89. The van der Waals surface area contributed by atoms with Crippen molar-refractivity contribution in [1.82, 2.24) is 10.3 Å². The first-order valence-electron chi connectivity index (χ1n) is 6.66. The van der Waals surface area contributed by atoms with Gasteiger partial charge in [0.25, 0.3) is 0 Å². The Morgan fingerprint density at radius 3 is 2.94 bits per heavy atom. The number of H-pyrrole nitrogens is 1. The zero-order chi connectivity index (χ0) is 12.5. The van der Waals surface area contributed by atoms with Gasteiger partial charge in [0.1, 0.15) is 5.75 Å². The molecule has 0 atom stereocenters. The molecule has 2 N–H and O–H groups in total. The van der Waals surface area contributed by atoms with Gasteiger partial charge in [-0.1, -0.05) is 6.07 Å². The van der Waals surface area contributed by atoms with Gasteiger partial charge in [-0.25, -0.2) is 0 Å². The molecule has 0 radical (unpaired) electrons. The monoisotopic (exact) mass is 244 g/mol. The van der Waals surface area contributed by atoms with Crippen LogP contribution in [0.2, 0.25) is 0 Å². The molecule has 0 unspecified atom stereocenters. The highest BCUT2D eigenvalue weighted by Gasteiger charge is 2.20. The van der Waals surface area contributed by atoms with Gasteiger partial charge in [0, 0.05) is 17.6 Å². The van der Waals surface area contributed by atoms with Gasteiger partial charge in [-0.05, 0) is 49.9 Å². The Kier molecular flexibility index (Phi) is 3.00. The summed E-state index contributed by atoms with van der Waals surface area (Å²) in [6.45, 7) is 3.22. The minimum atomic E-state index is 0.783. The van der Waals surface area contributed by atoms with E-state index in [4.69, 9.17) is 4.74 Å². The molecule has 1 aliphatic carbocycles. The minimum absolute atomic E-state index is 0.783.